The molecule has 150 valence electrons. The van der Waals surface area contributed by atoms with Crippen molar-refractivity contribution in [3.05, 3.63) is 27.9 Å². The fourth-order valence-corrected chi connectivity index (χ4v) is 4.90. The van der Waals surface area contributed by atoms with E-state index in [4.69, 9.17) is 22.7 Å². The van der Waals surface area contributed by atoms with Crippen molar-refractivity contribution in [1.82, 2.24) is 9.78 Å². The molecule has 0 unspecified atom stereocenters. The summed E-state index contributed by atoms with van der Waals surface area (Å²) >= 11 is 6.92. The number of esters is 1. The van der Waals surface area contributed by atoms with Gasteiger partial charge in [-0.3, -0.25) is 9.48 Å². The zero-order valence-electron chi connectivity index (χ0n) is 15.8. The predicted octanol–water partition coefficient (Wildman–Crippen LogP) is 2.84. The van der Waals surface area contributed by atoms with Gasteiger partial charge >= 0.3 is 5.97 Å². The lowest BCUT2D eigenvalue weighted by Gasteiger charge is -2.12. The van der Waals surface area contributed by atoms with Crippen molar-refractivity contribution in [1.29, 1.82) is 0 Å². The van der Waals surface area contributed by atoms with Gasteiger partial charge in [0, 0.05) is 18.1 Å². The second-order valence-corrected chi connectivity index (χ2v) is 8.14. The summed E-state index contributed by atoms with van der Waals surface area (Å²) in [7, 11) is 3.06. The second-order valence-electron chi connectivity index (χ2n) is 6.62. The van der Waals surface area contributed by atoms with E-state index in [2.05, 4.69) is 15.7 Å². The van der Waals surface area contributed by atoms with Crippen LogP contribution in [0.2, 0.25) is 0 Å². The second kappa shape index (κ2) is 8.70. The highest BCUT2D eigenvalue weighted by atomic mass is 32.1. The van der Waals surface area contributed by atoms with Crippen LogP contribution in [-0.4, -0.2) is 33.9 Å². The Bertz CT molecular complexity index is 919. The first-order valence-corrected chi connectivity index (χ1v) is 10.3. The summed E-state index contributed by atoms with van der Waals surface area (Å²) in [5.74, 6) is -1.03. The third-order valence-electron chi connectivity index (χ3n) is 4.60. The first kappa shape index (κ1) is 20.3. The summed E-state index contributed by atoms with van der Waals surface area (Å²) < 4.78 is 6.49. The van der Waals surface area contributed by atoms with E-state index in [0.29, 0.717) is 16.3 Å². The molecule has 1 amide bonds. The number of nitrogens with one attached hydrogen (secondary N) is 2. The SMILES string of the molecule is COC(=O)c1c(NC(=S)Nc2cn(C)nc2C(N)=O)sc2c1CCCCCC2. The average Bonchev–Trinajstić information content (AvgIpc) is 3.14. The van der Waals surface area contributed by atoms with E-state index in [9.17, 15) is 9.59 Å². The molecule has 8 nitrogen and oxygen atoms in total. The van der Waals surface area contributed by atoms with Crippen LogP contribution in [-0.2, 0) is 24.6 Å². The Labute approximate surface area is 172 Å². The first-order chi connectivity index (χ1) is 13.4. The van der Waals surface area contributed by atoms with Gasteiger partial charge in [-0.15, -0.1) is 11.3 Å². The van der Waals surface area contributed by atoms with Crippen molar-refractivity contribution in [3.8, 4) is 0 Å². The summed E-state index contributed by atoms with van der Waals surface area (Å²) in [6.07, 6.45) is 7.93. The van der Waals surface area contributed by atoms with Crippen molar-refractivity contribution >= 4 is 51.2 Å². The van der Waals surface area contributed by atoms with E-state index in [1.807, 2.05) is 0 Å². The molecule has 1 aliphatic carbocycles. The van der Waals surface area contributed by atoms with Gasteiger partial charge in [0.25, 0.3) is 5.91 Å². The lowest BCUT2D eigenvalue weighted by molar-refractivity contribution is 0.0601. The number of aryl methyl sites for hydroxylation is 2. The average molecular weight is 422 g/mol. The van der Waals surface area contributed by atoms with Gasteiger partial charge in [0.2, 0.25) is 0 Å². The van der Waals surface area contributed by atoms with Crippen molar-refractivity contribution in [2.45, 2.75) is 38.5 Å². The Morgan fingerprint density at radius 1 is 1.25 bits per heavy atom. The van der Waals surface area contributed by atoms with Crippen molar-refractivity contribution < 1.29 is 14.3 Å². The third kappa shape index (κ3) is 4.33. The number of fused-ring (bicyclic) bond motifs is 1. The molecule has 3 rings (SSSR count). The number of ether oxygens (including phenoxy) is 1. The molecule has 0 spiro atoms. The van der Waals surface area contributed by atoms with E-state index in [1.165, 1.54) is 34.4 Å². The van der Waals surface area contributed by atoms with Crippen LogP contribution in [0, 0.1) is 0 Å². The number of thiocarbonyl (C=S) groups is 1. The van der Waals surface area contributed by atoms with Crippen LogP contribution in [0.25, 0.3) is 0 Å². The van der Waals surface area contributed by atoms with Crippen LogP contribution in [0.4, 0.5) is 10.7 Å². The molecule has 0 aromatic carbocycles. The number of thiophene rings is 1. The molecule has 0 saturated carbocycles. The predicted molar refractivity (Wildman–Crippen MR) is 113 cm³/mol. The molecular formula is C18H23N5O3S2. The van der Waals surface area contributed by atoms with Gasteiger partial charge in [0.1, 0.15) is 5.00 Å². The number of nitrogens with zero attached hydrogens (tertiary/aromatic N) is 2. The van der Waals surface area contributed by atoms with Gasteiger partial charge in [-0.25, -0.2) is 4.79 Å². The first-order valence-electron chi connectivity index (χ1n) is 9.05. The zero-order chi connectivity index (χ0) is 20.3. The van der Waals surface area contributed by atoms with Gasteiger partial charge in [-0.05, 0) is 43.5 Å². The maximum absolute atomic E-state index is 12.5. The van der Waals surface area contributed by atoms with E-state index in [1.54, 1.807) is 13.2 Å². The van der Waals surface area contributed by atoms with Gasteiger partial charge < -0.3 is 21.1 Å². The van der Waals surface area contributed by atoms with Gasteiger partial charge in [0.05, 0.1) is 18.4 Å². The molecule has 0 aliphatic heterocycles. The number of aromatic nitrogens is 2. The lowest BCUT2D eigenvalue weighted by Crippen LogP contribution is -2.22. The largest absolute Gasteiger partial charge is 0.465 e. The monoisotopic (exact) mass is 421 g/mol. The minimum atomic E-state index is -0.653. The van der Waals surface area contributed by atoms with Crippen LogP contribution in [0.15, 0.2) is 6.20 Å². The fraction of sp³-hybridized carbons (Fsp3) is 0.444. The molecule has 4 N–H and O–H groups in total. The normalized spacial score (nSPS) is 13.8. The van der Waals surface area contributed by atoms with E-state index < -0.39 is 5.91 Å². The van der Waals surface area contributed by atoms with Gasteiger partial charge in [-0.1, -0.05) is 12.8 Å². The molecule has 0 bridgehead atoms. The lowest BCUT2D eigenvalue weighted by atomic mass is 9.96. The summed E-state index contributed by atoms with van der Waals surface area (Å²) in [6.45, 7) is 0. The fourth-order valence-electron chi connectivity index (χ4n) is 3.34. The summed E-state index contributed by atoms with van der Waals surface area (Å²) in [5.41, 5.74) is 7.46. The minimum absolute atomic E-state index is 0.0956. The molecule has 28 heavy (non-hydrogen) atoms. The number of nitrogens with two attached hydrogens (primary N) is 1. The molecule has 10 heteroatoms. The molecule has 1 aliphatic rings. The topological polar surface area (TPSA) is 111 Å². The maximum atomic E-state index is 12.5. The standard InChI is InChI=1S/C18H23N5O3S2/c1-23-9-11(14(22-23)15(19)24)20-18(27)21-16-13(17(25)26-2)10-7-5-3-4-6-8-12(10)28-16/h9H,3-8H2,1-2H3,(H2,19,24)(H2,20,21,27). The molecule has 0 saturated heterocycles. The highest BCUT2D eigenvalue weighted by Gasteiger charge is 2.25. The van der Waals surface area contributed by atoms with E-state index >= 15 is 0 Å². The number of carbonyl (C=O) groups excluding carboxylic acids is 2. The van der Waals surface area contributed by atoms with E-state index in [-0.39, 0.29) is 16.8 Å². The molecule has 0 atom stereocenters. The summed E-state index contributed by atoms with van der Waals surface area (Å²) in [5, 5.41) is 11.0. The highest BCUT2D eigenvalue weighted by molar-refractivity contribution is 7.80. The number of carbonyl (C=O) groups is 2. The Hall–Kier alpha value is -2.46. The Kier molecular flexibility index (Phi) is 6.30. The summed E-state index contributed by atoms with van der Waals surface area (Å²) in [4.78, 5) is 25.2. The highest BCUT2D eigenvalue weighted by Crippen LogP contribution is 2.37. The Morgan fingerprint density at radius 3 is 2.64 bits per heavy atom. The molecule has 0 fully saturated rings. The Balaban J connectivity index is 1.87. The maximum Gasteiger partial charge on any atom is 0.341 e. The molecule has 2 aromatic heterocycles. The van der Waals surface area contributed by atoms with Crippen molar-refractivity contribution in [2.24, 2.45) is 12.8 Å². The number of rotatable bonds is 4. The number of amides is 1. The van der Waals surface area contributed by atoms with Crippen LogP contribution in [0.1, 0.15) is 57.0 Å². The molecule has 2 heterocycles. The molecule has 0 radical (unpaired) electrons. The zero-order valence-corrected chi connectivity index (χ0v) is 17.5. The van der Waals surface area contributed by atoms with E-state index in [0.717, 1.165) is 37.7 Å². The number of anilines is 2. The van der Waals surface area contributed by atoms with Crippen LogP contribution >= 0.6 is 23.6 Å². The van der Waals surface area contributed by atoms with Crippen molar-refractivity contribution in [2.75, 3.05) is 17.7 Å². The Morgan fingerprint density at radius 2 is 1.96 bits per heavy atom. The summed E-state index contributed by atoms with van der Waals surface area (Å²) in [6, 6.07) is 0. The smallest absolute Gasteiger partial charge is 0.341 e. The van der Waals surface area contributed by atoms with Crippen molar-refractivity contribution in [3.63, 3.8) is 0 Å². The number of hydrogen-bond donors (Lipinski definition) is 3. The molecule has 2 aromatic rings. The van der Waals surface area contributed by atoms with Crippen LogP contribution in [0.3, 0.4) is 0 Å². The number of methoxy groups -OCH3 is 1. The minimum Gasteiger partial charge on any atom is -0.465 e. The van der Waals surface area contributed by atoms with Gasteiger partial charge in [-0.2, -0.15) is 5.10 Å². The molecular weight excluding hydrogens is 398 g/mol. The quantitative estimate of drug-likeness (QED) is 0.514. The van der Waals surface area contributed by atoms with Gasteiger partial charge in [0.15, 0.2) is 10.8 Å². The third-order valence-corrected chi connectivity index (χ3v) is 6.01. The number of hydrogen-bond acceptors (Lipinski definition) is 6. The van der Waals surface area contributed by atoms with Crippen LogP contribution < -0.4 is 16.4 Å². The van der Waals surface area contributed by atoms with Crippen LogP contribution in [0.5, 0.6) is 0 Å². The number of primary amides is 1.